The van der Waals surface area contributed by atoms with Crippen molar-refractivity contribution >= 4 is 29.6 Å². The second kappa shape index (κ2) is 15.2. The van der Waals surface area contributed by atoms with E-state index in [2.05, 4.69) is 17.2 Å². The Balaban J connectivity index is 1.46. The number of amides is 3. The molecular weight excluding hydrogens is 602 g/mol. The zero-order valence-electron chi connectivity index (χ0n) is 28.3. The van der Waals surface area contributed by atoms with Gasteiger partial charge in [0, 0.05) is 55.1 Å². The first-order valence-electron chi connectivity index (χ1n) is 16.5. The van der Waals surface area contributed by atoms with Crippen LogP contribution in [0.5, 0.6) is 11.5 Å². The molecule has 13 nitrogen and oxygen atoms in total. The number of hydrogen-bond donors (Lipinski definition) is 2. The summed E-state index contributed by atoms with van der Waals surface area (Å²) in [5, 5.41) is 7.06. The van der Waals surface area contributed by atoms with Crippen LogP contribution in [-0.2, 0) is 16.0 Å². The number of carbonyl (C=O) groups excluding carboxylic acids is 2. The van der Waals surface area contributed by atoms with E-state index in [4.69, 9.17) is 28.9 Å². The molecule has 1 saturated carbocycles. The normalized spacial score (nSPS) is 21.6. The maximum Gasteiger partial charge on any atom is 0.410 e. The standard InChI is InChI=1S/C34H49N7O6/c1-7-15-46-22-36-28-12-8-9-13-29(28)37-31-35-19-23-20-40(25-16-26(44-5)18-27(17-25)45-6)32(42)41(30(23)38-31)24-11-10-14-39(21-24)33(43)47-34(2,3)4/h7,16-19,24,28-29,36H,1,8-15,20-22H2,2-6H3,(H,35,37,38). The molecule has 1 aromatic heterocycles. The van der Waals surface area contributed by atoms with Gasteiger partial charge in [0.2, 0.25) is 5.95 Å². The Kier molecular flexibility index (Phi) is 11.1. The number of nitrogens with one attached hydrogen (secondary N) is 2. The fraction of sp³-hybridized carbons (Fsp3) is 0.588. The Hall–Kier alpha value is -4.10. The van der Waals surface area contributed by atoms with Crippen molar-refractivity contribution in [1.82, 2.24) is 20.2 Å². The van der Waals surface area contributed by atoms with Gasteiger partial charge >= 0.3 is 12.1 Å². The molecule has 3 amide bonds. The molecule has 2 aliphatic heterocycles. The first-order valence-corrected chi connectivity index (χ1v) is 16.5. The molecule has 1 aromatic carbocycles. The predicted molar refractivity (Wildman–Crippen MR) is 180 cm³/mol. The van der Waals surface area contributed by atoms with Gasteiger partial charge in [-0.15, -0.1) is 6.58 Å². The van der Waals surface area contributed by atoms with Gasteiger partial charge in [-0.05, 0) is 46.5 Å². The molecular formula is C34H49N7O6. The summed E-state index contributed by atoms with van der Waals surface area (Å²) < 4.78 is 22.3. The summed E-state index contributed by atoms with van der Waals surface area (Å²) in [5.41, 5.74) is 0.790. The highest BCUT2D eigenvalue weighted by molar-refractivity contribution is 6.06. The SMILES string of the molecule is C=CCOCNC1CCCCC1Nc1ncc2c(n1)N(C1CCCN(C(=O)OC(C)(C)C)C1)C(=O)N(c1cc(OC)cc(OC)c1)C2. The number of anilines is 3. The number of fused-ring (bicyclic) bond motifs is 1. The van der Waals surface area contributed by atoms with E-state index >= 15 is 0 Å². The van der Waals surface area contributed by atoms with Crippen LogP contribution in [0.25, 0.3) is 0 Å². The number of methoxy groups -OCH3 is 2. The zero-order valence-corrected chi connectivity index (χ0v) is 28.3. The van der Waals surface area contributed by atoms with Gasteiger partial charge < -0.3 is 29.2 Å². The van der Waals surface area contributed by atoms with Gasteiger partial charge in [0.25, 0.3) is 0 Å². The minimum Gasteiger partial charge on any atom is -0.497 e. The number of nitrogens with zero attached hydrogens (tertiary/aromatic N) is 5. The van der Waals surface area contributed by atoms with E-state index in [-0.39, 0.29) is 36.8 Å². The first-order chi connectivity index (χ1) is 22.6. The Bertz CT molecular complexity index is 1390. The largest absolute Gasteiger partial charge is 0.497 e. The first kappa shape index (κ1) is 34.2. The number of ether oxygens (including phenoxy) is 4. The third-order valence-corrected chi connectivity index (χ3v) is 8.66. The third kappa shape index (κ3) is 8.44. The van der Waals surface area contributed by atoms with Crippen LogP contribution in [0, 0.1) is 0 Å². The lowest BCUT2D eigenvalue weighted by atomic mass is 9.90. The van der Waals surface area contributed by atoms with Crippen LogP contribution >= 0.6 is 0 Å². The lowest BCUT2D eigenvalue weighted by Gasteiger charge is -2.44. The van der Waals surface area contributed by atoms with E-state index in [1.807, 2.05) is 32.9 Å². The van der Waals surface area contributed by atoms with Crippen molar-refractivity contribution in [2.45, 2.75) is 89.6 Å². The molecule has 47 heavy (non-hydrogen) atoms. The van der Waals surface area contributed by atoms with Crippen molar-refractivity contribution in [3.05, 3.63) is 42.6 Å². The summed E-state index contributed by atoms with van der Waals surface area (Å²) in [6.07, 6.45) is 8.75. The predicted octanol–water partition coefficient (Wildman–Crippen LogP) is 5.31. The highest BCUT2D eigenvalue weighted by Crippen LogP contribution is 2.37. The molecule has 3 aliphatic rings. The van der Waals surface area contributed by atoms with Crippen LogP contribution in [0.2, 0.25) is 0 Å². The quantitative estimate of drug-likeness (QED) is 0.187. The van der Waals surface area contributed by atoms with E-state index in [1.165, 1.54) is 0 Å². The molecule has 2 aromatic rings. The Morgan fingerprint density at radius 1 is 1.06 bits per heavy atom. The second-order valence-corrected chi connectivity index (χ2v) is 13.2. The number of piperidine rings is 1. The highest BCUT2D eigenvalue weighted by Gasteiger charge is 2.41. The van der Waals surface area contributed by atoms with Gasteiger partial charge in [-0.2, -0.15) is 4.98 Å². The van der Waals surface area contributed by atoms with Crippen LogP contribution < -0.4 is 29.9 Å². The van der Waals surface area contributed by atoms with Crippen molar-refractivity contribution in [3.8, 4) is 11.5 Å². The lowest BCUT2D eigenvalue weighted by molar-refractivity contribution is 0.0199. The average Bonchev–Trinajstić information content (AvgIpc) is 3.06. The average molecular weight is 652 g/mol. The van der Waals surface area contributed by atoms with Gasteiger partial charge in [-0.3, -0.25) is 15.1 Å². The molecule has 3 unspecified atom stereocenters. The van der Waals surface area contributed by atoms with E-state index in [0.29, 0.717) is 61.8 Å². The van der Waals surface area contributed by atoms with Gasteiger partial charge in [-0.1, -0.05) is 18.9 Å². The lowest BCUT2D eigenvalue weighted by Crippen LogP contribution is -2.58. The Labute approximate surface area is 277 Å². The molecule has 3 atom stereocenters. The van der Waals surface area contributed by atoms with Crippen LogP contribution in [-0.4, -0.2) is 91.4 Å². The fourth-order valence-electron chi connectivity index (χ4n) is 6.40. The Morgan fingerprint density at radius 2 is 1.79 bits per heavy atom. The molecule has 5 rings (SSSR count). The van der Waals surface area contributed by atoms with Crippen LogP contribution in [0.4, 0.5) is 27.0 Å². The number of likely N-dealkylation sites (tertiary alicyclic amines) is 1. The number of rotatable bonds is 11. The van der Waals surface area contributed by atoms with Crippen LogP contribution in [0.15, 0.2) is 37.1 Å². The molecule has 3 heterocycles. The van der Waals surface area contributed by atoms with Crippen LogP contribution in [0.3, 0.4) is 0 Å². The smallest absolute Gasteiger partial charge is 0.410 e. The monoisotopic (exact) mass is 651 g/mol. The number of hydrogen-bond acceptors (Lipinski definition) is 10. The second-order valence-electron chi connectivity index (χ2n) is 13.2. The molecule has 13 heteroatoms. The fourth-order valence-corrected chi connectivity index (χ4v) is 6.40. The van der Waals surface area contributed by atoms with Gasteiger partial charge in [0.05, 0.1) is 45.8 Å². The topological polar surface area (TPSA) is 131 Å². The van der Waals surface area contributed by atoms with E-state index in [0.717, 1.165) is 37.7 Å². The molecule has 2 fully saturated rings. The summed E-state index contributed by atoms with van der Waals surface area (Å²) >= 11 is 0. The minimum atomic E-state index is -0.628. The highest BCUT2D eigenvalue weighted by atomic mass is 16.6. The van der Waals surface area contributed by atoms with E-state index < -0.39 is 5.60 Å². The summed E-state index contributed by atoms with van der Waals surface area (Å²) in [6.45, 7) is 11.3. The number of urea groups is 1. The van der Waals surface area contributed by atoms with E-state index in [1.54, 1.807) is 47.3 Å². The molecule has 0 spiro atoms. The number of aromatic nitrogens is 2. The summed E-state index contributed by atoms with van der Waals surface area (Å²) in [5.74, 6) is 2.15. The van der Waals surface area contributed by atoms with Crippen molar-refractivity contribution in [1.29, 1.82) is 0 Å². The van der Waals surface area contributed by atoms with Crippen LogP contribution in [0.1, 0.15) is 64.9 Å². The third-order valence-electron chi connectivity index (χ3n) is 8.66. The van der Waals surface area contributed by atoms with Gasteiger partial charge in [0.15, 0.2) is 0 Å². The summed E-state index contributed by atoms with van der Waals surface area (Å²) in [7, 11) is 3.16. The molecule has 0 radical (unpaired) electrons. The summed E-state index contributed by atoms with van der Waals surface area (Å²) in [4.78, 5) is 42.5. The maximum atomic E-state index is 14.5. The maximum absolute atomic E-state index is 14.5. The molecule has 256 valence electrons. The molecule has 0 bridgehead atoms. The van der Waals surface area contributed by atoms with Gasteiger partial charge in [0.1, 0.15) is 22.9 Å². The summed E-state index contributed by atoms with van der Waals surface area (Å²) in [6, 6.07) is 5.09. The van der Waals surface area contributed by atoms with Crippen molar-refractivity contribution in [3.63, 3.8) is 0 Å². The molecule has 1 aliphatic carbocycles. The zero-order chi connectivity index (χ0) is 33.6. The number of benzene rings is 1. The molecule has 2 N–H and O–H groups in total. The minimum absolute atomic E-state index is 0.0972. The Morgan fingerprint density at radius 3 is 2.47 bits per heavy atom. The van der Waals surface area contributed by atoms with E-state index in [9.17, 15) is 9.59 Å². The molecule has 1 saturated heterocycles. The van der Waals surface area contributed by atoms with Crippen molar-refractivity contribution < 1.29 is 28.5 Å². The van der Waals surface area contributed by atoms with Gasteiger partial charge in [-0.25, -0.2) is 14.6 Å². The number of carbonyl (C=O) groups is 2. The van der Waals surface area contributed by atoms with Crippen molar-refractivity contribution in [2.75, 3.05) is 55.8 Å². The van der Waals surface area contributed by atoms with Crippen molar-refractivity contribution in [2.24, 2.45) is 0 Å².